The van der Waals surface area contributed by atoms with E-state index in [0.717, 1.165) is 43.6 Å². The molecule has 0 aliphatic carbocycles. The summed E-state index contributed by atoms with van der Waals surface area (Å²) < 4.78 is 13.0. The maximum atomic E-state index is 13.0. The normalized spacial score (nSPS) is 16.0. The Kier molecular flexibility index (Phi) is 8.18. The number of carbonyl (C=O) groups is 2. The van der Waals surface area contributed by atoms with Gasteiger partial charge in [-0.2, -0.15) is 0 Å². The van der Waals surface area contributed by atoms with E-state index in [1.54, 1.807) is 12.1 Å². The van der Waals surface area contributed by atoms with E-state index in [1.807, 2.05) is 12.1 Å². The zero-order chi connectivity index (χ0) is 22.2. The standard InChI is InChI=1S/C25H32FN3O2/c1-3-18(2)20-6-10-23(11-7-20)28-24(30)17-29-14-12-21(13-15-29)25(31)27-16-19-4-8-22(26)9-5-19/h4-11,18,21H,3,12-17H2,1-2H3,(H,27,31)(H,28,30). The Bertz CT molecular complexity index is 859. The fourth-order valence-electron chi connectivity index (χ4n) is 3.82. The Morgan fingerprint density at radius 1 is 1.06 bits per heavy atom. The van der Waals surface area contributed by atoms with Crippen molar-refractivity contribution < 1.29 is 14.0 Å². The van der Waals surface area contributed by atoms with Gasteiger partial charge in [0.05, 0.1) is 6.54 Å². The molecule has 1 atom stereocenters. The average molecular weight is 426 g/mol. The topological polar surface area (TPSA) is 61.4 Å². The molecule has 1 fully saturated rings. The van der Waals surface area contributed by atoms with Gasteiger partial charge in [-0.15, -0.1) is 0 Å². The van der Waals surface area contributed by atoms with Gasteiger partial charge >= 0.3 is 0 Å². The van der Waals surface area contributed by atoms with Gasteiger partial charge in [0.2, 0.25) is 11.8 Å². The Balaban J connectivity index is 1.38. The van der Waals surface area contributed by atoms with Crippen molar-refractivity contribution in [3.63, 3.8) is 0 Å². The van der Waals surface area contributed by atoms with Crippen molar-refractivity contribution in [3.05, 3.63) is 65.5 Å². The fraction of sp³-hybridized carbons (Fsp3) is 0.440. The van der Waals surface area contributed by atoms with E-state index in [0.29, 0.717) is 19.0 Å². The van der Waals surface area contributed by atoms with E-state index in [4.69, 9.17) is 0 Å². The first kappa shape index (κ1) is 22.9. The van der Waals surface area contributed by atoms with Crippen LogP contribution in [-0.4, -0.2) is 36.3 Å². The van der Waals surface area contributed by atoms with Crippen molar-refractivity contribution >= 4 is 17.5 Å². The molecule has 31 heavy (non-hydrogen) atoms. The van der Waals surface area contributed by atoms with E-state index in [2.05, 4.69) is 41.5 Å². The number of anilines is 1. The second kappa shape index (κ2) is 11.0. The molecule has 0 spiro atoms. The molecule has 2 N–H and O–H groups in total. The van der Waals surface area contributed by atoms with Crippen molar-refractivity contribution in [2.24, 2.45) is 5.92 Å². The van der Waals surface area contributed by atoms with E-state index in [9.17, 15) is 14.0 Å². The monoisotopic (exact) mass is 425 g/mol. The number of hydrogen-bond acceptors (Lipinski definition) is 3. The number of rotatable bonds is 8. The third-order valence-electron chi connectivity index (χ3n) is 6.08. The largest absolute Gasteiger partial charge is 0.352 e. The average Bonchev–Trinajstić information content (AvgIpc) is 2.79. The van der Waals surface area contributed by atoms with Crippen molar-refractivity contribution in [2.45, 2.75) is 45.6 Å². The van der Waals surface area contributed by atoms with Crippen LogP contribution in [0.5, 0.6) is 0 Å². The van der Waals surface area contributed by atoms with Gasteiger partial charge in [-0.3, -0.25) is 14.5 Å². The van der Waals surface area contributed by atoms with Crippen LogP contribution in [0.4, 0.5) is 10.1 Å². The highest BCUT2D eigenvalue weighted by Crippen LogP contribution is 2.21. The van der Waals surface area contributed by atoms with Crippen LogP contribution < -0.4 is 10.6 Å². The van der Waals surface area contributed by atoms with Crippen molar-refractivity contribution in [1.29, 1.82) is 0 Å². The molecule has 0 aromatic heterocycles. The van der Waals surface area contributed by atoms with Crippen LogP contribution in [0.3, 0.4) is 0 Å². The van der Waals surface area contributed by atoms with Gasteiger partial charge in [0.25, 0.3) is 0 Å². The van der Waals surface area contributed by atoms with Gasteiger partial charge in [0.15, 0.2) is 0 Å². The van der Waals surface area contributed by atoms with Crippen LogP contribution in [0, 0.1) is 11.7 Å². The van der Waals surface area contributed by atoms with Crippen molar-refractivity contribution in [3.8, 4) is 0 Å². The van der Waals surface area contributed by atoms with Crippen LogP contribution >= 0.6 is 0 Å². The maximum Gasteiger partial charge on any atom is 0.238 e. The third kappa shape index (κ3) is 6.89. The summed E-state index contributed by atoms with van der Waals surface area (Å²) in [6.45, 7) is 6.53. The predicted molar refractivity (Wildman–Crippen MR) is 121 cm³/mol. The number of hydrogen-bond donors (Lipinski definition) is 2. The predicted octanol–water partition coefficient (Wildman–Crippen LogP) is 4.31. The lowest BCUT2D eigenvalue weighted by molar-refractivity contribution is -0.126. The summed E-state index contributed by atoms with van der Waals surface area (Å²) in [5.74, 6) is 0.173. The van der Waals surface area contributed by atoms with Crippen LogP contribution in [0.15, 0.2) is 48.5 Å². The molecule has 166 valence electrons. The van der Waals surface area contributed by atoms with Crippen LogP contribution in [0.1, 0.15) is 50.2 Å². The molecular formula is C25H32FN3O2. The second-order valence-corrected chi connectivity index (χ2v) is 8.37. The van der Waals surface area contributed by atoms with Crippen LogP contribution in [0.25, 0.3) is 0 Å². The van der Waals surface area contributed by atoms with Gasteiger partial charge in [-0.25, -0.2) is 4.39 Å². The molecule has 0 radical (unpaired) electrons. The molecule has 1 saturated heterocycles. The zero-order valence-corrected chi connectivity index (χ0v) is 18.4. The van der Waals surface area contributed by atoms with E-state index < -0.39 is 0 Å². The summed E-state index contributed by atoms with van der Waals surface area (Å²) in [5.41, 5.74) is 2.97. The summed E-state index contributed by atoms with van der Waals surface area (Å²) in [4.78, 5) is 26.9. The lowest BCUT2D eigenvalue weighted by Gasteiger charge is -2.30. The number of halogens is 1. The van der Waals surface area contributed by atoms with Gasteiger partial charge in [0.1, 0.15) is 5.82 Å². The summed E-state index contributed by atoms with van der Waals surface area (Å²) >= 11 is 0. The van der Waals surface area contributed by atoms with Crippen LogP contribution in [0.2, 0.25) is 0 Å². The van der Waals surface area contributed by atoms with Gasteiger partial charge in [0, 0.05) is 18.2 Å². The Labute approximate surface area is 184 Å². The molecule has 6 heteroatoms. The molecule has 1 heterocycles. The summed E-state index contributed by atoms with van der Waals surface area (Å²) in [6, 6.07) is 14.2. The Hall–Kier alpha value is -2.73. The molecule has 1 unspecified atom stereocenters. The lowest BCUT2D eigenvalue weighted by Crippen LogP contribution is -2.43. The van der Waals surface area contributed by atoms with Crippen LogP contribution in [-0.2, 0) is 16.1 Å². The second-order valence-electron chi connectivity index (χ2n) is 8.37. The number of likely N-dealkylation sites (tertiary alicyclic amines) is 1. The van der Waals surface area contributed by atoms with E-state index in [1.165, 1.54) is 17.7 Å². The highest BCUT2D eigenvalue weighted by molar-refractivity contribution is 5.92. The molecule has 1 aliphatic heterocycles. The summed E-state index contributed by atoms with van der Waals surface area (Å²) in [5, 5.41) is 5.90. The minimum absolute atomic E-state index is 0.0230. The highest BCUT2D eigenvalue weighted by atomic mass is 19.1. The zero-order valence-electron chi connectivity index (χ0n) is 18.4. The Morgan fingerprint density at radius 2 is 1.71 bits per heavy atom. The fourth-order valence-corrected chi connectivity index (χ4v) is 3.82. The number of piperidine rings is 1. The smallest absolute Gasteiger partial charge is 0.238 e. The molecule has 5 nitrogen and oxygen atoms in total. The van der Waals surface area contributed by atoms with E-state index >= 15 is 0 Å². The van der Waals surface area contributed by atoms with Gasteiger partial charge < -0.3 is 10.6 Å². The number of carbonyl (C=O) groups excluding carboxylic acids is 2. The minimum atomic E-state index is -0.283. The lowest BCUT2D eigenvalue weighted by atomic mass is 9.96. The molecule has 1 aliphatic rings. The first-order valence-corrected chi connectivity index (χ1v) is 11.1. The molecule has 2 amide bonds. The molecule has 0 bridgehead atoms. The SMILES string of the molecule is CCC(C)c1ccc(NC(=O)CN2CCC(C(=O)NCc3ccc(F)cc3)CC2)cc1. The summed E-state index contributed by atoms with van der Waals surface area (Å²) in [7, 11) is 0. The molecule has 2 aromatic carbocycles. The van der Waals surface area contributed by atoms with E-state index in [-0.39, 0.29) is 23.5 Å². The number of nitrogens with one attached hydrogen (secondary N) is 2. The minimum Gasteiger partial charge on any atom is -0.352 e. The molecule has 0 saturated carbocycles. The maximum absolute atomic E-state index is 13.0. The van der Waals surface area contributed by atoms with Crippen molar-refractivity contribution in [1.82, 2.24) is 10.2 Å². The van der Waals surface area contributed by atoms with Gasteiger partial charge in [-0.05, 0) is 73.7 Å². The molecular weight excluding hydrogens is 393 g/mol. The van der Waals surface area contributed by atoms with Gasteiger partial charge in [-0.1, -0.05) is 38.1 Å². The molecule has 2 aromatic rings. The first-order chi connectivity index (χ1) is 14.9. The highest BCUT2D eigenvalue weighted by Gasteiger charge is 2.25. The number of amides is 2. The number of nitrogens with zero attached hydrogens (tertiary/aromatic N) is 1. The molecule has 3 rings (SSSR count). The summed E-state index contributed by atoms with van der Waals surface area (Å²) in [6.07, 6.45) is 2.55. The Morgan fingerprint density at radius 3 is 2.32 bits per heavy atom. The first-order valence-electron chi connectivity index (χ1n) is 11.1. The third-order valence-corrected chi connectivity index (χ3v) is 6.08. The quantitative estimate of drug-likeness (QED) is 0.663. The van der Waals surface area contributed by atoms with Crippen molar-refractivity contribution in [2.75, 3.05) is 25.0 Å². The number of benzene rings is 2.